The number of aromatic nitrogens is 2. The molecule has 0 saturated carbocycles. The van der Waals surface area contributed by atoms with Crippen LogP contribution in [0.5, 0.6) is 0 Å². The SMILES string of the molecule is Cc1cc(NC(=O)c2cn[nH]c2C)ccc1NS(C)(=O)=O. The molecule has 1 aromatic carbocycles. The number of H-pyrrole nitrogens is 1. The van der Waals surface area contributed by atoms with E-state index < -0.39 is 10.0 Å². The molecular weight excluding hydrogens is 292 g/mol. The van der Waals surface area contributed by atoms with Crippen LogP contribution in [-0.2, 0) is 10.0 Å². The van der Waals surface area contributed by atoms with Crippen molar-refractivity contribution in [2.75, 3.05) is 16.3 Å². The van der Waals surface area contributed by atoms with Gasteiger partial charge in [0.05, 0.1) is 23.7 Å². The molecule has 1 amide bonds. The Morgan fingerprint density at radius 1 is 1.29 bits per heavy atom. The van der Waals surface area contributed by atoms with Crippen LogP contribution in [-0.4, -0.2) is 30.8 Å². The largest absolute Gasteiger partial charge is 0.322 e. The molecule has 0 saturated heterocycles. The zero-order valence-corrected chi connectivity index (χ0v) is 12.7. The van der Waals surface area contributed by atoms with Crippen LogP contribution in [0.1, 0.15) is 21.6 Å². The number of nitrogens with zero attached hydrogens (tertiary/aromatic N) is 1. The molecular formula is C13H16N4O3S. The maximum absolute atomic E-state index is 12.0. The molecule has 0 atom stereocenters. The zero-order valence-electron chi connectivity index (χ0n) is 11.9. The smallest absolute Gasteiger partial charge is 0.259 e. The fraction of sp³-hybridized carbons (Fsp3) is 0.231. The van der Waals surface area contributed by atoms with Gasteiger partial charge in [0.1, 0.15) is 0 Å². The van der Waals surface area contributed by atoms with Crippen molar-refractivity contribution < 1.29 is 13.2 Å². The van der Waals surface area contributed by atoms with E-state index in [9.17, 15) is 13.2 Å². The highest BCUT2D eigenvalue weighted by Crippen LogP contribution is 2.21. The highest BCUT2D eigenvalue weighted by Gasteiger charge is 2.12. The molecule has 0 bridgehead atoms. The number of sulfonamides is 1. The fourth-order valence-corrected chi connectivity index (χ4v) is 2.46. The van der Waals surface area contributed by atoms with Gasteiger partial charge in [-0.2, -0.15) is 5.10 Å². The van der Waals surface area contributed by atoms with Crippen LogP contribution in [0.4, 0.5) is 11.4 Å². The number of hydrogen-bond acceptors (Lipinski definition) is 4. The quantitative estimate of drug-likeness (QED) is 0.798. The Hall–Kier alpha value is -2.35. The summed E-state index contributed by atoms with van der Waals surface area (Å²) in [5, 5.41) is 9.23. The lowest BCUT2D eigenvalue weighted by molar-refractivity contribution is 0.102. The molecule has 0 aliphatic rings. The number of anilines is 2. The van der Waals surface area contributed by atoms with E-state index in [2.05, 4.69) is 20.2 Å². The molecule has 0 unspecified atom stereocenters. The molecule has 112 valence electrons. The van der Waals surface area contributed by atoms with E-state index in [-0.39, 0.29) is 5.91 Å². The minimum atomic E-state index is -3.33. The third-order valence-corrected chi connectivity index (χ3v) is 3.44. The lowest BCUT2D eigenvalue weighted by Crippen LogP contribution is -2.13. The summed E-state index contributed by atoms with van der Waals surface area (Å²) in [4.78, 5) is 12.0. The van der Waals surface area contributed by atoms with Crippen LogP contribution >= 0.6 is 0 Å². The topological polar surface area (TPSA) is 104 Å². The van der Waals surface area contributed by atoms with Gasteiger partial charge in [-0.05, 0) is 37.6 Å². The third kappa shape index (κ3) is 3.82. The Morgan fingerprint density at radius 2 is 2.00 bits per heavy atom. The van der Waals surface area contributed by atoms with Gasteiger partial charge < -0.3 is 5.32 Å². The predicted octanol–water partition coefficient (Wildman–Crippen LogP) is 1.65. The lowest BCUT2D eigenvalue weighted by atomic mass is 10.1. The summed E-state index contributed by atoms with van der Waals surface area (Å²) in [6, 6.07) is 4.93. The Balaban J connectivity index is 2.18. The maximum Gasteiger partial charge on any atom is 0.259 e. The monoisotopic (exact) mass is 308 g/mol. The molecule has 2 aromatic rings. The van der Waals surface area contributed by atoms with E-state index in [4.69, 9.17) is 0 Å². The van der Waals surface area contributed by atoms with Gasteiger partial charge in [-0.1, -0.05) is 0 Å². The van der Waals surface area contributed by atoms with Crippen molar-refractivity contribution in [3.8, 4) is 0 Å². The van der Waals surface area contributed by atoms with E-state index in [0.29, 0.717) is 28.2 Å². The number of benzene rings is 1. The third-order valence-electron chi connectivity index (χ3n) is 2.85. The predicted molar refractivity (Wildman–Crippen MR) is 80.9 cm³/mol. The maximum atomic E-state index is 12.0. The zero-order chi connectivity index (χ0) is 15.6. The number of aromatic amines is 1. The van der Waals surface area contributed by atoms with Crippen LogP contribution in [0.3, 0.4) is 0 Å². The summed E-state index contributed by atoms with van der Waals surface area (Å²) in [7, 11) is -3.33. The molecule has 0 radical (unpaired) electrons. The second-order valence-electron chi connectivity index (χ2n) is 4.77. The second-order valence-corrected chi connectivity index (χ2v) is 6.52. The van der Waals surface area contributed by atoms with Crippen molar-refractivity contribution in [3.05, 3.63) is 41.2 Å². The van der Waals surface area contributed by atoms with Crippen LogP contribution < -0.4 is 10.0 Å². The van der Waals surface area contributed by atoms with E-state index in [0.717, 1.165) is 6.26 Å². The number of nitrogens with one attached hydrogen (secondary N) is 3. The summed E-state index contributed by atoms with van der Waals surface area (Å²) in [5.74, 6) is -0.274. The van der Waals surface area contributed by atoms with Gasteiger partial charge in [0, 0.05) is 11.4 Å². The van der Waals surface area contributed by atoms with Gasteiger partial charge in [-0.15, -0.1) is 0 Å². The van der Waals surface area contributed by atoms with Crippen molar-refractivity contribution in [2.45, 2.75) is 13.8 Å². The summed E-state index contributed by atoms with van der Waals surface area (Å²) in [6.45, 7) is 3.51. The van der Waals surface area contributed by atoms with Crippen LogP contribution in [0.2, 0.25) is 0 Å². The molecule has 2 rings (SSSR count). The van der Waals surface area contributed by atoms with Crippen LogP contribution in [0, 0.1) is 13.8 Å². The van der Waals surface area contributed by atoms with Gasteiger partial charge >= 0.3 is 0 Å². The minimum Gasteiger partial charge on any atom is -0.322 e. The van der Waals surface area contributed by atoms with Crippen molar-refractivity contribution in [2.24, 2.45) is 0 Å². The molecule has 0 aliphatic carbocycles. The summed E-state index contributed by atoms with van der Waals surface area (Å²) < 4.78 is 24.8. The van der Waals surface area contributed by atoms with E-state index in [1.807, 2.05) is 0 Å². The van der Waals surface area contributed by atoms with E-state index in [1.165, 1.54) is 6.20 Å². The van der Waals surface area contributed by atoms with Crippen molar-refractivity contribution in [3.63, 3.8) is 0 Å². The normalized spacial score (nSPS) is 11.2. The van der Waals surface area contributed by atoms with Crippen molar-refractivity contribution >= 4 is 27.3 Å². The first kappa shape index (κ1) is 15.0. The number of rotatable bonds is 4. The first-order valence-electron chi connectivity index (χ1n) is 6.16. The van der Waals surface area contributed by atoms with Crippen molar-refractivity contribution in [1.82, 2.24) is 10.2 Å². The summed E-state index contributed by atoms with van der Waals surface area (Å²) in [5.41, 5.74) is 2.92. The number of carbonyl (C=O) groups excluding carboxylic acids is 1. The van der Waals surface area contributed by atoms with Crippen molar-refractivity contribution in [1.29, 1.82) is 0 Å². The Labute approximate surface area is 122 Å². The summed E-state index contributed by atoms with van der Waals surface area (Å²) >= 11 is 0. The molecule has 8 heteroatoms. The number of hydrogen-bond donors (Lipinski definition) is 3. The van der Waals surface area contributed by atoms with Gasteiger partial charge in [-0.3, -0.25) is 14.6 Å². The molecule has 3 N–H and O–H groups in total. The molecule has 0 spiro atoms. The van der Waals surface area contributed by atoms with Gasteiger partial charge in [0.25, 0.3) is 5.91 Å². The molecule has 21 heavy (non-hydrogen) atoms. The van der Waals surface area contributed by atoms with Gasteiger partial charge in [-0.25, -0.2) is 8.42 Å². The van der Waals surface area contributed by atoms with Gasteiger partial charge in [0.2, 0.25) is 10.0 Å². The molecule has 0 fully saturated rings. The second kappa shape index (κ2) is 5.57. The molecule has 1 heterocycles. The summed E-state index contributed by atoms with van der Waals surface area (Å²) in [6.07, 6.45) is 2.54. The molecule has 7 nitrogen and oxygen atoms in total. The average molecular weight is 308 g/mol. The minimum absolute atomic E-state index is 0.274. The van der Waals surface area contributed by atoms with Crippen LogP contribution in [0.25, 0.3) is 0 Å². The average Bonchev–Trinajstić information content (AvgIpc) is 2.77. The highest BCUT2D eigenvalue weighted by molar-refractivity contribution is 7.92. The number of amides is 1. The Bertz CT molecular complexity index is 780. The molecule has 0 aliphatic heterocycles. The van der Waals surface area contributed by atoms with Crippen LogP contribution in [0.15, 0.2) is 24.4 Å². The molecule has 1 aromatic heterocycles. The number of aryl methyl sites for hydroxylation is 2. The van der Waals surface area contributed by atoms with Gasteiger partial charge in [0.15, 0.2) is 0 Å². The number of carbonyl (C=O) groups is 1. The Kier molecular flexibility index (Phi) is 3.99. The first-order valence-corrected chi connectivity index (χ1v) is 8.05. The Morgan fingerprint density at radius 3 is 2.52 bits per heavy atom. The fourth-order valence-electron chi connectivity index (χ4n) is 1.83. The van der Waals surface area contributed by atoms with E-state index in [1.54, 1.807) is 32.0 Å². The van der Waals surface area contributed by atoms with E-state index >= 15 is 0 Å². The first-order chi connectivity index (χ1) is 9.76. The standard InChI is InChI=1S/C13H16N4O3S/c1-8-6-10(4-5-12(8)17-21(3,19)20)15-13(18)11-7-14-16-9(11)2/h4-7,17H,1-3H3,(H,14,16)(H,15,18). The lowest BCUT2D eigenvalue weighted by Gasteiger charge is -2.10. The highest BCUT2D eigenvalue weighted by atomic mass is 32.2.